The highest BCUT2D eigenvalue weighted by molar-refractivity contribution is 5.96. The summed E-state index contributed by atoms with van der Waals surface area (Å²) in [6.45, 7) is -0.0418. The molecule has 1 saturated heterocycles. The third-order valence-electron chi connectivity index (χ3n) is 4.92. The van der Waals surface area contributed by atoms with Gasteiger partial charge in [-0.15, -0.1) is 0 Å². The van der Waals surface area contributed by atoms with E-state index in [9.17, 15) is 27.6 Å². The molecule has 0 saturated carbocycles. The van der Waals surface area contributed by atoms with E-state index in [-0.39, 0.29) is 19.5 Å². The number of carboxylic acid groups (broad SMARTS) is 2. The number of hydrogen-bond donors (Lipinski definition) is 5. The third-order valence-corrected chi connectivity index (χ3v) is 4.92. The normalized spacial score (nSPS) is 17.2. The van der Waals surface area contributed by atoms with Crippen LogP contribution in [0.1, 0.15) is 6.42 Å². The van der Waals surface area contributed by atoms with Crippen LogP contribution in [0.4, 0.5) is 23.7 Å². The summed E-state index contributed by atoms with van der Waals surface area (Å²) in [4.78, 5) is 49.6. The van der Waals surface area contributed by atoms with E-state index < -0.39 is 41.9 Å². The van der Waals surface area contributed by atoms with Crippen LogP contribution in [0.3, 0.4) is 0 Å². The van der Waals surface area contributed by atoms with Gasteiger partial charge < -0.3 is 25.2 Å². The van der Waals surface area contributed by atoms with Crippen LogP contribution < -0.4 is 15.5 Å². The number of halogens is 3. The lowest BCUT2D eigenvalue weighted by Gasteiger charge is -2.35. The molecule has 2 heterocycles. The molecule has 2 aromatic rings. The molecule has 0 aliphatic carbocycles. The first-order chi connectivity index (χ1) is 16.9. The van der Waals surface area contributed by atoms with Crippen molar-refractivity contribution in [2.24, 2.45) is 11.8 Å². The molecule has 1 aliphatic heterocycles. The maximum absolute atomic E-state index is 12.7. The van der Waals surface area contributed by atoms with Gasteiger partial charge in [0.15, 0.2) is 0 Å². The van der Waals surface area contributed by atoms with Crippen LogP contribution in [-0.4, -0.2) is 68.4 Å². The van der Waals surface area contributed by atoms with Crippen molar-refractivity contribution in [3.8, 4) is 11.5 Å². The number of benzene rings is 1. The van der Waals surface area contributed by atoms with Gasteiger partial charge in [0.1, 0.15) is 11.5 Å². The number of aromatic nitrogens is 1. The largest absolute Gasteiger partial charge is 0.490 e. The maximum atomic E-state index is 12.7. The number of rotatable bonds is 5. The summed E-state index contributed by atoms with van der Waals surface area (Å²) in [6.07, 6.45) is -2.87. The SMILES string of the molecule is O=C(NO)C1CN(C(=O)O)CCC1C(=O)Nc1ccc(Oc2ccncc2)cc1.O=C(O)C(F)(F)F. The van der Waals surface area contributed by atoms with Crippen molar-refractivity contribution >= 4 is 29.6 Å². The Hall–Kier alpha value is -4.40. The number of hydrogen-bond acceptors (Lipinski definition) is 7. The predicted molar refractivity (Wildman–Crippen MR) is 114 cm³/mol. The lowest BCUT2D eigenvalue weighted by molar-refractivity contribution is -0.192. The highest BCUT2D eigenvalue weighted by Gasteiger charge is 2.40. The van der Waals surface area contributed by atoms with Crippen LogP contribution in [0.2, 0.25) is 0 Å². The monoisotopic (exact) mass is 514 g/mol. The molecular formula is C21H21F3N4O8. The van der Waals surface area contributed by atoms with Gasteiger partial charge in [0, 0.05) is 31.2 Å². The number of anilines is 1. The smallest absolute Gasteiger partial charge is 0.475 e. The molecule has 0 spiro atoms. The quantitative estimate of drug-likeness (QED) is 0.296. The molecule has 2 unspecified atom stereocenters. The molecule has 3 amide bonds. The van der Waals surface area contributed by atoms with Gasteiger partial charge in [-0.1, -0.05) is 0 Å². The van der Waals surface area contributed by atoms with Gasteiger partial charge in [0.05, 0.1) is 11.8 Å². The number of aliphatic carboxylic acids is 1. The number of carbonyl (C=O) groups is 4. The zero-order valence-electron chi connectivity index (χ0n) is 18.3. The molecule has 12 nitrogen and oxygen atoms in total. The summed E-state index contributed by atoms with van der Waals surface area (Å²) in [5.41, 5.74) is 2.01. The number of piperidine rings is 1. The zero-order valence-corrected chi connectivity index (χ0v) is 18.3. The van der Waals surface area contributed by atoms with E-state index in [1.54, 1.807) is 48.8 Å². The fraction of sp³-hybridized carbons (Fsp3) is 0.286. The minimum atomic E-state index is -5.08. The van der Waals surface area contributed by atoms with Crippen molar-refractivity contribution in [1.82, 2.24) is 15.4 Å². The molecular weight excluding hydrogens is 493 g/mol. The number of pyridine rings is 1. The van der Waals surface area contributed by atoms with E-state index in [0.29, 0.717) is 17.2 Å². The lowest BCUT2D eigenvalue weighted by atomic mass is 9.84. The number of ether oxygens (including phenoxy) is 1. The number of nitrogens with zero attached hydrogens (tertiary/aromatic N) is 2. The number of likely N-dealkylation sites (tertiary alicyclic amines) is 1. The number of nitrogens with one attached hydrogen (secondary N) is 2. The predicted octanol–water partition coefficient (Wildman–Crippen LogP) is 2.57. The molecule has 15 heteroatoms. The summed E-state index contributed by atoms with van der Waals surface area (Å²) < 4.78 is 37.4. The molecule has 3 rings (SSSR count). The van der Waals surface area contributed by atoms with Crippen LogP contribution in [-0.2, 0) is 14.4 Å². The fourth-order valence-corrected chi connectivity index (χ4v) is 3.17. The Morgan fingerprint density at radius 1 is 0.944 bits per heavy atom. The zero-order chi connectivity index (χ0) is 26.9. The number of hydroxylamine groups is 1. The van der Waals surface area contributed by atoms with Crippen molar-refractivity contribution in [2.75, 3.05) is 18.4 Å². The molecule has 5 N–H and O–H groups in total. The minimum Gasteiger partial charge on any atom is -0.475 e. The summed E-state index contributed by atoms with van der Waals surface area (Å²) in [6, 6.07) is 10.1. The Balaban J connectivity index is 0.000000572. The van der Waals surface area contributed by atoms with Gasteiger partial charge in [-0.05, 0) is 42.8 Å². The molecule has 0 bridgehead atoms. The Labute approximate surface area is 201 Å². The molecule has 1 aliphatic rings. The number of carboxylic acids is 1. The number of carbonyl (C=O) groups excluding carboxylic acids is 2. The molecule has 36 heavy (non-hydrogen) atoms. The molecule has 0 radical (unpaired) electrons. The second kappa shape index (κ2) is 12.3. The molecule has 2 atom stereocenters. The Morgan fingerprint density at radius 2 is 1.50 bits per heavy atom. The van der Waals surface area contributed by atoms with Crippen LogP contribution in [0.25, 0.3) is 0 Å². The Morgan fingerprint density at radius 3 is 2.00 bits per heavy atom. The van der Waals surface area contributed by atoms with E-state index in [0.717, 1.165) is 4.90 Å². The van der Waals surface area contributed by atoms with Crippen molar-refractivity contribution in [3.05, 3.63) is 48.8 Å². The van der Waals surface area contributed by atoms with E-state index >= 15 is 0 Å². The van der Waals surface area contributed by atoms with E-state index in [1.807, 2.05) is 0 Å². The molecule has 194 valence electrons. The van der Waals surface area contributed by atoms with Crippen LogP contribution in [0.5, 0.6) is 11.5 Å². The average molecular weight is 514 g/mol. The van der Waals surface area contributed by atoms with Gasteiger partial charge in [-0.3, -0.25) is 19.8 Å². The van der Waals surface area contributed by atoms with Crippen molar-refractivity contribution in [3.63, 3.8) is 0 Å². The number of amides is 3. The van der Waals surface area contributed by atoms with E-state index in [4.69, 9.17) is 25.0 Å². The van der Waals surface area contributed by atoms with Crippen molar-refractivity contribution < 1.29 is 52.5 Å². The molecule has 1 aromatic carbocycles. The average Bonchev–Trinajstić information content (AvgIpc) is 2.84. The van der Waals surface area contributed by atoms with Gasteiger partial charge in [-0.25, -0.2) is 15.1 Å². The second-order valence-corrected chi connectivity index (χ2v) is 7.31. The third kappa shape index (κ3) is 8.12. The topological polar surface area (TPSA) is 178 Å². The second-order valence-electron chi connectivity index (χ2n) is 7.31. The van der Waals surface area contributed by atoms with Gasteiger partial charge in [0.2, 0.25) is 11.8 Å². The Bertz CT molecular complexity index is 1070. The van der Waals surface area contributed by atoms with Crippen LogP contribution in [0.15, 0.2) is 48.8 Å². The molecule has 1 aromatic heterocycles. The first-order valence-corrected chi connectivity index (χ1v) is 10.1. The van der Waals surface area contributed by atoms with Crippen LogP contribution in [0, 0.1) is 11.8 Å². The van der Waals surface area contributed by atoms with E-state index in [2.05, 4.69) is 10.3 Å². The van der Waals surface area contributed by atoms with Crippen molar-refractivity contribution in [1.29, 1.82) is 0 Å². The maximum Gasteiger partial charge on any atom is 0.490 e. The van der Waals surface area contributed by atoms with Crippen molar-refractivity contribution in [2.45, 2.75) is 12.6 Å². The van der Waals surface area contributed by atoms with Gasteiger partial charge in [0.25, 0.3) is 0 Å². The van der Waals surface area contributed by atoms with Crippen LogP contribution >= 0.6 is 0 Å². The van der Waals surface area contributed by atoms with Gasteiger partial charge in [-0.2, -0.15) is 13.2 Å². The summed E-state index contributed by atoms with van der Waals surface area (Å²) >= 11 is 0. The highest BCUT2D eigenvalue weighted by atomic mass is 19.4. The first-order valence-electron chi connectivity index (χ1n) is 10.1. The summed E-state index contributed by atoms with van der Waals surface area (Å²) in [5.74, 6) is -4.54. The standard InChI is InChI=1S/C19H20N4O6.C2HF3O2/c24-17(15-7-10-23(19(26)27)11-16(15)18(25)22-28)21-12-1-3-13(4-2-12)29-14-5-8-20-9-6-14;3-2(4,5)1(6)7/h1-6,8-9,15-16,28H,7,10-11H2,(H,21,24)(H,22,25)(H,26,27);(H,6,7). The van der Waals surface area contributed by atoms with Gasteiger partial charge >= 0.3 is 18.2 Å². The summed E-state index contributed by atoms with van der Waals surface area (Å²) in [5, 5.41) is 27.9. The summed E-state index contributed by atoms with van der Waals surface area (Å²) in [7, 11) is 0. The highest BCUT2D eigenvalue weighted by Crippen LogP contribution is 2.27. The minimum absolute atomic E-state index is 0.126. The Kier molecular flexibility index (Phi) is 9.55. The number of alkyl halides is 3. The van der Waals surface area contributed by atoms with E-state index in [1.165, 1.54) is 5.48 Å². The first kappa shape index (κ1) is 27.8. The fourth-order valence-electron chi connectivity index (χ4n) is 3.17. The lowest BCUT2D eigenvalue weighted by Crippen LogP contribution is -2.51. The molecule has 1 fully saturated rings.